The quantitative estimate of drug-likeness (QED) is 0.342. The van der Waals surface area contributed by atoms with Crippen LogP contribution in [0.4, 0.5) is 11.4 Å². The molecule has 3 aromatic carbocycles. The fourth-order valence-electron chi connectivity index (χ4n) is 3.63. The van der Waals surface area contributed by atoms with E-state index >= 15 is 0 Å². The van der Waals surface area contributed by atoms with Crippen molar-refractivity contribution < 1.29 is 14.4 Å². The zero-order valence-corrected chi connectivity index (χ0v) is 22.3. The third kappa shape index (κ3) is 6.96. The van der Waals surface area contributed by atoms with Crippen molar-refractivity contribution in [1.29, 1.82) is 0 Å². The summed E-state index contributed by atoms with van der Waals surface area (Å²) in [4.78, 5) is 38.9. The summed E-state index contributed by atoms with van der Waals surface area (Å²) in [6.45, 7) is 7.67. The van der Waals surface area contributed by atoms with Crippen LogP contribution in [0.3, 0.4) is 0 Å². The number of benzene rings is 3. The van der Waals surface area contributed by atoms with Crippen LogP contribution >= 0.6 is 11.6 Å². The molecule has 0 bridgehead atoms. The number of nitrogens with one attached hydrogen (secondary N) is 4. The third-order valence-corrected chi connectivity index (χ3v) is 5.63. The fraction of sp³-hybridized carbons (Fsp3) is 0.214. The molecule has 0 radical (unpaired) electrons. The van der Waals surface area contributed by atoms with Gasteiger partial charge in [-0.15, -0.1) is 5.10 Å². The van der Waals surface area contributed by atoms with Crippen LogP contribution in [-0.2, 0) is 9.59 Å². The molecule has 4 N–H and O–H groups in total. The lowest BCUT2D eigenvalue weighted by Gasteiger charge is -2.31. The lowest BCUT2D eigenvalue weighted by Crippen LogP contribution is -2.67. The Morgan fingerprint density at radius 3 is 2.00 bits per heavy atom. The number of nitrogens with zero attached hydrogens (tertiary/aromatic N) is 2. The van der Waals surface area contributed by atoms with Crippen LogP contribution in [0, 0.1) is 0 Å². The van der Waals surface area contributed by atoms with Crippen molar-refractivity contribution in [2.45, 2.75) is 26.4 Å². The van der Waals surface area contributed by atoms with Gasteiger partial charge in [0.2, 0.25) is 5.91 Å². The Kier molecular flexibility index (Phi) is 9.98. The highest BCUT2D eigenvalue weighted by atomic mass is 35.5. The van der Waals surface area contributed by atoms with Crippen LogP contribution in [0.5, 0.6) is 0 Å². The Bertz CT molecular complexity index is 1270. The Morgan fingerprint density at radius 2 is 1.47 bits per heavy atom. The number of carbonyl (C=O) groups is 3. The molecule has 0 spiro atoms. The maximum absolute atomic E-state index is 13.7. The molecule has 1 aliphatic heterocycles. The van der Waals surface area contributed by atoms with E-state index in [1.807, 2.05) is 6.07 Å². The normalized spacial score (nSPS) is 16.2. The van der Waals surface area contributed by atoms with Crippen LogP contribution < -0.4 is 26.3 Å². The average Bonchev–Trinajstić information content (AvgIpc) is 3.16. The average molecular weight is 535 g/mol. The highest BCUT2D eigenvalue weighted by Gasteiger charge is 2.54. The summed E-state index contributed by atoms with van der Waals surface area (Å²) in [7, 11) is 0. The number of amidine groups is 1. The number of hydrogen-bond acceptors (Lipinski definition) is 6. The Balaban J connectivity index is 0.000000732. The summed E-state index contributed by atoms with van der Waals surface area (Å²) in [5.74, 6) is -1.65. The number of hydrogen-bond donors (Lipinski definition) is 4. The van der Waals surface area contributed by atoms with Crippen LogP contribution in [0.15, 0.2) is 90.0 Å². The monoisotopic (exact) mass is 534 g/mol. The maximum atomic E-state index is 13.7. The fourth-order valence-corrected chi connectivity index (χ4v) is 3.76. The van der Waals surface area contributed by atoms with Gasteiger partial charge in [0.1, 0.15) is 0 Å². The van der Waals surface area contributed by atoms with Crippen molar-refractivity contribution in [3.8, 4) is 0 Å². The first kappa shape index (κ1) is 28.4. The van der Waals surface area contributed by atoms with Crippen molar-refractivity contribution in [1.82, 2.24) is 16.0 Å². The largest absolute Gasteiger partial charge is 0.348 e. The van der Waals surface area contributed by atoms with Gasteiger partial charge in [0.15, 0.2) is 5.84 Å². The number of carbonyl (C=O) groups excluding carboxylic acids is 3. The Morgan fingerprint density at radius 1 is 0.895 bits per heavy atom. The minimum atomic E-state index is -1.85. The van der Waals surface area contributed by atoms with E-state index in [1.165, 1.54) is 6.92 Å². The summed E-state index contributed by atoms with van der Waals surface area (Å²) in [6, 6.07) is 23.8. The molecule has 0 fully saturated rings. The lowest BCUT2D eigenvalue weighted by atomic mass is 10.1. The van der Waals surface area contributed by atoms with Crippen molar-refractivity contribution in [2.75, 3.05) is 23.4 Å². The molecule has 38 heavy (non-hydrogen) atoms. The Labute approximate surface area is 227 Å². The van der Waals surface area contributed by atoms with Crippen LogP contribution in [0.25, 0.3) is 0 Å². The summed E-state index contributed by atoms with van der Waals surface area (Å²) < 4.78 is 0. The predicted molar refractivity (Wildman–Crippen MR) is 151 cm³/mol. The summed E-state index contributed by atoms with van der Waals surface area (Å²) in [5, 5.41) is 17.5. The molecule has 0 saturated carbocycles. The molecule has 0 saturated heterocycles. The second-order valence-electron chi connectivity index (χ2n) is 8.24. The van der Waals surface area contributed by atoms with Crippen LogP contribution in [0.2, 0.25) is 5.02 Å². The van der Waals surface area contributed by atoms with E-state index < -0.39 is 23.4 Å². The first-order valence-electron chi connectivity index (χ1n) is 12.2. The molecule has 1 heterocycles. The molecular weight excluding hydrogens is 504 g/mol. The van der Waals surface area contributed by atoms with Gasteiger partial charge in [0.05, 0.1) is 5.69 Å². The van der Waals surface area contributed by atoms with E-state index in [9.17, 15) is 14.4 Å². The molecule has 0 aromatic heterocycles. The van der Waals surface area contributed by atoms with Gasteiger partial charge in [-0.3, -0.25) is 14.4 Å². The first-order chi connectivity index (χ1) is 18.3. The van der Waals surface area contributed by atoms with Gasteiger partial charge >= 0.3 is 5.91 Å². The summed E-state index contributed by atoms with van der Waals surface area (Å²) >= 11 is 5.99. The van der Waals surface area contributed by atoms with E-state index in [4.69, 9.17) is 11.6 Å². The number of anilines is 2. The second kappa shape index (κ2) is 13.4. The SMILES string of the molecule is CC(=O)NC1(Nc2ccccc2)C(=O)N(c2ccc(Cl)cc2)N=C1NC(=O)c1ccccc1.CCNCC. The van der Waals surface area contributed by atoms with Gasteiger partial charge in [-0.1, -0.05) is 61.8 Å². The van der Waals surface area contributed by atoms with Crippen LogP contribution in [0.1, 0.15) is 31.1 Å². The zero-order chi connectivity index (χ0) is 27.5. The minimum Gasteiger partial charge on any atom is -0.348 e. The molecular formula is C28H31ClN6O3. The first-order valence-corrected chi connectivity index (χ1v) is 12.6. The topological polar surface area (TPSA) is 115 Å². The second-order valence-corrected chi connectivity index (χ2v) is 8.68. The molecule has 1 atom stereocenters. The van der Waals surface area contributed by atoms with E-state index in [1.54, 1.807) is 78.9 Å². The third-order valence-electron chi connectivity index (χ3n) is 5.38. The van der Waals surface area contributed by atoms with Crippen LogP contribution in [-0.4, -0.2) is 42.3 Å². The van der Waals surface area contributed by atoms with Gasteiger partial charge in [-0.05, 0) is 61.6 Å². The van der Waals surface area contributed by atoms with Gasteiger partial charge in [0.25, 0.3) is 11.6 Å². The number of halogens is 1. The number of rotatable bonds is 7. The molecule has 198 valence electrons. The highest BCUT2D eigenvalue weighted by molar-refractivity contribution is 6.31. The maximum Gasteiger partial charge on any atom is 0.302 e. The van der Waals surface area contributed by atoms with Gasteiger partial charge in [0, 0.05) is 23.2 Å². The van der Waals surface area contributed by atoms with Crippen molar-refractivity contribution in [3.63, 3.8) is 0 Å². The van der Waals surface area contributed by atoms with Crippen molar-refractivity contribution in [2.24, 2.45) is 5.10 Å². The summed E-state index contributed by atoms with van der Waals surface area (Å²) in [6.07, 6.45) is 0. The smallest absolute Gasteiger partial charge is 0.302 e. The minimum absolute atomic E-state index is 0.0737. The number of amides is 3. The van der Waals surface area contributed by atoms with Crippen molar-refractivity contribution in [3.05, 3.63) is 95.5 Å². The molecule has 10 heteroatoms. The standard InChI is InChI=1S/C24H20ClN5O3.C4H11N/c1-16(31)27-24(28-19-10-6-3-7-11-19)22(26-21(32)17-8-4-2-5-9-17)29-30(23(24)33)20-14-12-18(25)13-15-20;1-3-5-4-2/h2-15,28H,1H3,(H,27,31)(H,26,29,32);5H,3-4H2,1-2H3. The molecule has 9 nitrogen and oxygen atoms in total. The zero-order valence-electron chi connectivity index (χ0n) is 21.5. The summed E-state index contributed by atoms with van der Waals surface area (Å²) in [5.41, 5.74) is -0.525. The molecule has 1 aliphatic rings. The molecule has 0 aliphatic carbocycles. The molecule has 3 aromatic rings. The van der Waals surface area contributed by atoms with Gasteiger partial charge in [-0.2, -0.15) is 5.01 Å². The lowest BCUT2D eigenvalue weighted by molar-refractivity contribution is -0.127. The van der Waals surface area contributed by atoms with Crippen molar-refractivity contribution >= 4 is 46.5 Å². The predicted octanol–water partition coefficient (Wildman–Crippen LogP) is 3.99. The van der Waals surface area contributed by atoms with E-state index in [0.717, 1.165) is 18.1 Å². The Hall–Kier alpha value is -4.21. The molecule has 4 rings (SSSR count). The van der Waals surface area contributed by atoms with E-state index in [0.29, 0.717) is 22.0 Å². The number of hydrazone groups is 1. The van der Waals surface area contributed by atoms with Gasteiger partial charge in [-0.25, -0.2) is 0 Å². The number of para-hydroxylation sites is 1. The highest BCUT2D eigenvalue weighted by Crippen LogP contribution is 2.29. The van der Waals surface area contributed by atoms with E-state index in [2.05, 4.69) is 40.2 Å². The van der Waals surface area contributed by atoms with Gasteiger partial charge < -0.3 is 21.3 Å². The molecule has 3 amide bonds. The molecule has 1 unspecified atom stereocenters. The van der Waals surface area contributed by atoms with E-state index in [-0.39, 0.29) is 5.84 Å².